The number of hydrazine groups is 1. The number of benzene rings is 2. The fourth-order valence-electron chi connectivity index (χ4n) is 2.76. The average Bonchev–Trinajstić information content (AvgIpc) is 2.94. The standard InChI is InChI=1S/C15H16BN3O6S/c1-9-3-2-4-13(19(17)15(20)21)14(9)26(23,24)18-11-6-5-10-8-25-16(22)12(10)7-11/h2-7,18,22H,8,17H2,1H3,(H,20,21). The second-order valence-electron chi connectivity index (χ2n) is 5.76. The van der Waals surface area contributed by atoms with Crippen LogP contribution in [0.3, 0.4) is 0 Å². The molecule has 1 heterocycles. The number of hydrogen-bond donors (Lipinski definition) is 4. The third kappa shape index (κ3) is 3.25. The van der Waals surface area contributed by atoms with Crippen molar-refractivity contribution in [2.24, 2.45) is 5.84 Å². The Morgan fingerprint density at radius 1 is 1.35 bits per heavy atom. The molecule has 0 saturated carbocycles. The van der Waals surface area contributed by atoms with E-state index in [0.29, 0.717) is 16.0 Å². The zero-order chi connectivity index (χ0) is 19.1. The summed E-state index contributed by atoms with van der Waals surface area (Å²) in [5.74, 6) is 5.48. The van der Waals surface area contributed by atoms with Gasteiger partial charge in [0, 0.05) is 5.69 Å². The van der Waals surface area contributed by atoms with E-state index in [0.717, 1.165) is 5.56 Å². The Balaban J connectivity index is 2.02. The number of rotatable bonds is 4. The van der Waals surface area contributed by atoms with Gasteiger partial charge >= 0.3 is 13.2 Å². The maximum absolute atomic E-state index is 12.9. The summed E-state index contributed by atoms with van der Waals surface area (Å²) >= 11 is 0. The van der Waals surface area contributed by atoms with Gasteiger partial charge in [0.25, 0.3) is 10.0 Å². The fourth-order valence-corrected chi connectivity index (χ4v) is 4.24. The zero-order valence-electron chi connectivity index (χ0n) is 13.7. The summed E-state index contributed by atoms with van der Waals surface area (Å²) in [4.78, 5) is 10.9. The smallest absolute Gasteiger partial charge is 0.464 e. The highest BCUT2D eigenvalue weighted by Crippen LogP contribution is 2.29. The van der Waals surface area contributed by atoms with Gasteiger partial charge < -0.3 is 14.8 Å². The third-order valence-corrected chi connectivity index (χ3v) is 5.56. The van der Waals surface area contributed by atoms with Crippen LogP contribution in [-0.2, 0) is 21.3 Å². The van der Waals surface area contributed by atoms with Crippen molar-refractivity contribution >= 4 is 40.1 Å². The summed E-state index contributed by atoms with van der Waals surface area (Å²) in [7, 11) is -5.26. The van der Waals surface area contributed by atoms with Crippen LogP contribution in [0, 0.1) is 6.92 Å². The van der Waals surface area contributed by atoms with Crippen LogP contribution in [0.1, 0.15) is 11.1 Å². The Morgan fingerprint density at radius 3 is 2.77 bits per heavy atom. The van der Waals surface area contributed by atoms with E-state index in [9.17, 15) is 18.2 Å². The van der Waals surface area contributed by atoms with E-state index < -0.39 is 23.2 Å². The lowest BCUT2D eigenvalue weighted by Crippen LogP contribution is -2.37. The number of nitrogens with zero attached hydrogens (tertiary/aromatic N) is 1. The van der Waals surface area contributed by atoms with Gasteiger partial charge in [-0.25, -0.2) is 24.1 Å². The van der Waals surface area contributed by atoms with Gasteiger partial charge in [-0.3, -0.25) is 4.72 Å². The molecule has 5 N–H and O–H groups in total. The van der Waals surface area contributed by atoms with Crippen molar-refractivity contribution in [3.8, 4) is 0 Å². The Bertz CT molecular complexity index is 981. The normalized spacial score (nSPS) is 13.4. The predicted molar refractivity (Wildman–Crippen MR) is 95.5 cm³/mol. The Morgan fingerprint density at radius 2 is 2.08 bits per heavy atom. The van der Waals surface area contributed by atoms with Gasteiger partial charge in [-0.05, 0) is 41.7 Å². The monoisotopic (exact) mass is 377 g/mol. The van der Waals surface area contributed by atoms with E-state index in [2.05, 4.69) is 4.72 Å². The molecule has 9 nitrogen and oxygen atoms in total. The molecular formula is C15H16BN3O6S. The summed E-state index contributed by atoms with van der Waals surface area (Å²) in [6.45, 7) is 1.78. The van der Waals surface area contributed by atoms with E-state index in [-0.39, 0.29) is 22.9 Å². The van der Waals surface area contributed by atoms with Crippen LogP contribution in [-0.4, -0.2) is 31.8 Å². The first kappa shape index (κ1) is 18.2. The number of fused-ring (bicyclic) bond motifs is 1. The number of carbonyl (C=O) groups is 1. The first-order chi connectivity index (χ1) is 12.2. The quantitative estimate of drug-likeness (QED) is 0.261. The summed E-state index contributed by atoms with van der Waals surface area (Å²) in [6.07, 6.45) is -1.50. The van der Waals surface area contributed by atoms with Crippen LogP contribution >= 0.6 is 0 Å². The lowest BCUT2D eigenvalue weighted by molar-refractivity contribution is 0.202. The molecule has 26 heavy (non-hydrogen) atoms. The molecule has 1 aliphatic heterocycles. The largest absolute Gasteiger partial charge is 0.491 e. The summed E-state index contributed by atoms with van der Waals surface area (Å²) in [5.41, 5.74) is 1.60. The number of carboxylic acid groups (broad SMARTS) is 1. The minimum absolute atomic E-state index is 0.172. The zero-order valence-corrected chi connectivity index (χ0v) is 14.5. The van der Waals surface area contributed by atoms with Crippen molar-refractivity contribution in [1.29, 1.82) is 0 Å². The molecule has 0 bridgehead atoms. The minimum atomic E-state index is -4.15. The van der Waals surface area contributed by atoms with Crippen molar-refractivity contribution in [3.05, 3.63) is 47.5 Å². The highest BCUT2D eigenvalue weighted by atomic mass is 32.2. The second kappa shape index (κ2) is 6.61. The van der Waals surface area contributed by atoms with Crippen molar-refractivity contribution in [3.63, 3.8) is 0 Å². The molecule has 1 aliphatic rings. The van der Waals surface area contributed by atoms with Gasteiger partial charge in [-0.1, -0.05) is 18.2 Å². The summed E-state index contributed by atoms with van der Waals surface area (Å²) < 4.78 is 33.2. The lowest BCUT2D eigenvalue weighted by Gasteiger charge is -2.19. The number of sulfonamides is 1. The molecule has 2 aromatic rings. The van der Waals surface area contributed by atoms with Crippen molar-refractivity contribution in [2.45, 2.75) is 18.4 Å². The van der Waals surface area contributed by atoms with Crippen molar-refractivity contribution in [1.82, 2.24) is 0 Å². The Hall–Kier alpha value is -2.60. The van der Waals surface area contributed by atoms with E-state index in [1.54, 1.807) is 6.07 Å². The molecule has 1 amide bonds. The maximum Gasteiger partial charge on any atom is 0.491 e. The van der Waals surface area contributed by atoms with Gasteiger partial charge in [0.1, 0.15) is 4.90 Å². The third-order valence-electron chi connectivity index (χ3n) is 3.99. The van der Waals surface area contributed by atoms with E-state index >= 15 is 0 Å². The highest BCUT2D eigenvalue weighted by Gasteiger charge is 2.29. The van der Waals surface area contributed by atoms with Gasteiger partial charge in [0.2, 0.25) is 0 Å². The summed E-state index contributed by atoms with van der Waals surface area (Å²) in [5, 5.41) is 19.2. The molecule has 136 valence electrons. The molecule has 0 aliphatic carbocycles. The lowest BCUT2D eigenvalue weighted by atomic mass is 9.79. The van der Waals surface area contributed by atoms with Crippen molar-refractivity contribution < 1.29 is 28.0 Å². The molecule has 11 heteroatoms. The van der Waals surface area contributed by atoms with Crippen LogP contribution in [0.2, 0.25) is 0 Å². The minimum Gasteiger partial charge on any atom is -0.464 e. The van der Waals surface area contributed by atoms with Crippen LogP contribution in [0.15, 0.2) is 41.3 Å². The number of hydrogen-bond acceptors (Lipinski definition) is 6. The molecule has 0 aromatic heterocycles. The molecule has 0 atom stereocenters. The SMILES string of the molecule is Cc1cccc(N(N)C(=O)O)c1S(=O)(=O)Nc1ccc2c(c1)B(O)OC2. The molecule has 0 radical (unpaired) electrons. The predicted octanol–water partition coefficient (Wildman–Crippen LogP) is 0.372. The summed E-state index contributed by atoms with van der Waals surface area (Å²) in [6, 6.07) is 9.00. The van der Waals surface area contributed by atoms with E-state index in [1.807, 2.05) is 0 Å². The van der Waals surface area contributed by atoms with Crippen molar-refractivity contribution in [2.75, 3.05) is 9.73 Å². The first-order valence-electron chi connectivity index (χ1n) is 7.53. The first-order valence-corrected chi connectivity index (χ1v) is 9.01. The molecule has 0 spiro atoms. The fraction of sp³-hybridized carbons (Fsp3) is 0.133. The van der Waals surface area contributed by atoms with Gasteiger partial charge in [0.05, 0.1) is 12.3 Å². The van der Waals surface area contributed by atoms with Crippen LogP contribution in [0.4, 0.5) is 16.2 Å². The molecule has 0 fully saturated rings. The number of aryl methyl sites for hydroxylation is 1. The van der Waals surface area contributed by atoms with Crippen LogP contribution in [0.25, 0.3) is 0 Å². The number of anilines is 2. The molecule has 2 aromatic carbocycles. The topological polar surface area (TPSA) is 142 Å². The Labute approximate surface area is 150 Å². The average molecular weight is 377 g/mol. The molecule has 0 saturated heterocycles. The molecular weight excluding hydrogens is 361 g/mol. The maximum atomic E-state index is 12.9. The number of amides is 1. The highest BCUT2D eigenvalue weighted by molar-refractivity contribution is 7.93. The Kier molecular flexibility index (Phi) is 4.63. The second-order valence-corrected chi connectivity index (χ2v) is 7.38. The number of nitrogens with one attached hydrogen (secondary N) is 1. The van der Waals surface area contributed by atoms with Gasteiger partial charge in [-0.15, -0.1) is 0 Å². The molecule has 3 rings (SSSR count). The van der Waals surface area contributed by atoms with E-state index in [1.165, 1.54) is 37.3 Å². The van der Waals surface area contributed by atoms with Crippen LogP contribution < -0.4 is 21.0 Å². The van der Waals surface area contributed by atoms with Gasteiger partial charge in [-0.2, -0.15) is 0 Å². The number of nitrogens with two attached hydrogens (primary N) is 1. The molecule has 0 unspecified atom stereocenters. The van der Waals surface area contributed by atoms with E-state index in [4.69, 9.17) is 15.6 Å². The van der Waals surface area contributed by atoms with Gasteiger partial charge in [0.15, 0.2) is 0 Å². The van der Waals surface area contributed by atoms with Crippen LogP contribution in [0.5, 0.6) is 0 Å².